The van der Waals surface area contributed by atoms with Gasteiger partial charge in [-0.25, -0.2) is 9.79 Å². The van der Waals surface area contributed by atoms with E-state index in [0.717, 1.165) is 17.9 Å². The van der Waals surface area contributed by atoms with Gasteiger partial charge in [-0.1, -0.05) is 11.6 Å². The number of carbonyl (C=O) groups excluding carboxylic acids is 2. The van der Waals surface area contributed by atoms with Crippen molar-refractivity contribution in [3.05, 3.63) is 70.0 Å². The van der Waals surface area contributed by atoms with E-state index in [1.807, 2.05) is 13.0 Å². The van der Waals surface area contributed by atoms with Crippen molar-refractivity contribution in [1.29, 1.82) is 0 Å². The Morgan fingerprint density at radius 3 is 2.82 bits per heavy atom. The molecule has 0 saturated heterocycles. The van der Waals surface area contributed by atoms with Crippen molar-refractivity contribution in [2.75, 3.05) is 0 Å². The third-order valence-electron chi connectivity index (χ3n) is 3.39. The maximum absolute atomic E-state index is 12.0. The molecule has 3 rings (SSSR count). The zero-order valence-electron chi connectivity index (χ0n) is 11.7. The molecule has 0 spiro atoms. The molecule has 1 aromatic rings. The normalized spacial score (nSPS) is 21.8. The second kappa shape index (κ2) is 5.40. The molecule has 2 heterocycles. The Morgan fingerprint density at radius 1 is 1.27 bits per heavy atom. The van der Waals surface area contributed by atoms with Gasteiger partial charge < -0.3 is 9.73 Å². The summed E-state index contributed by atoms with van der Waals surface area (Å²) >= 11 is 0. The van der Waals surface area contributed by atoms with E-state index < -0.39 is 11.5 Å². The van der Waals surface area contributed by atoms with E-state index in [9.17, 15) is 14.4 Å². The lowest BCUT2D eigenvalue weighted by atomic mass is 9.89. The Hall–Kier alpha value is -3.02. The van der Waals surface area contributed by atoms with E-state index in [1.54, 1.807) is 18.2 Å². The lowest BCUT2D eigenvalue weighted by molar-refractivity contribution is -0.116. The Morgan fingerprint density at radius 2 is 2.09 bits per heavy atom. The second-order valence-electron chi connectivity index (χ2n) is 5.00. The van der Waals surface area contributed by atoms with Crippen molar-refractivity contribution in [2.24, 2.45) is 10.9 Å². The summed E-state index contributed by atoms with van der Waals surface area (Å²) in [4.78, 5) is 38.3. The summed E-state index contributed by atoms with van der Waals surface area (Å²) in [5, 5.41) is 2.74. The molecular weight excluding hydrogens is 284 g/mol. The number of nitrogens with zero attached hydrogens (tertiary/aromatic N) is 1. The van der Waals surface area contributed by atoms with E-state index in [2.05, 4.69) is 14.7 Å². The molecule has 22 heavy (non-hydrogen) atoms. The van der Waals surface area contributed by atoms with Gasteiger partial charge in [0.25, 0.3) is 5.91 Å². The standard InChI is InChI=1S/C16H12N2O4/c1-9-6-14(19)18-13-7-11(3-4-12(9)13)17-16(21)10-2-5-15(20)22-8-10/h2-8,12H,1H3,(H,18,19). The van der Waals surface area contributed by atoms with Crippen LogP contribution in [0.25, 0.3) is 0 Å². The third kappa shape index (κ3) is 2.71. The van der Waals surface area contributed by atoms with Gasteiger partial charge in [0.05, 0.1) is 11.3 Å². The fourth-order valence-electron chi connectivity index (χ4n) is 2.31. The maximum Gasteiger partial charge on any atom is 0.335 e. The van der Waals surface area contributed by atoms with Crippen LogP contribution in [0.4, 0.5) is 0 Å². The number of hydrogen-bond acceptors (Lipinski definition) is 4. The van der Waals surface area contributed by atoms with Crippen LogP contribution in [0.1, 0.15) is 17.3 Å². The van der Waals surface area contributed by atoms with Gasteiger partial charge >= 0.3 is 5.63 Å². The van der Waals surface area contributed by atoms with E-state index in [-0.39, 0.29) is 17.4 Å². The van der Waals surface area contributed by atoms with Crippen LogP contribution in [0.3, 0.4) is 0 Å². The quantitative estimate of drug-likeness (QED) is 0.847. The lowest BCUT2D eigenvalue weighted by Gasteiger charge is -2.25. The molecule has 6 heteroatoms. The molecule has 2 aliphatic rings. The molecule has 0 bridgehead atoms. The molecule has 0 saturated carbocycles. The van der Waals surface area contributed by atoms with Crippen LogP contribution in [0.5, 0.6) is 0 Å². The molecule has 0 fully saturated rings. The van der Waals surface area contributed by atoms with E-state index in [4.69, 9.17) is 0 Å². The number of rotatable bonds is 1. The highest BCUT2D eigenvalue weighted by atomic mass is 16.4. The molecule has 1 N–H and O–H groups in total. The molecule has 1 aliphatic heterocycles. The summed E-state index contributed by atoms with van der Waals surface area (Å²) in [7, 11) is 0. The van der Waals surface area contributed by atoms with E-state index in [0.29, 0.717) is 11.4 Å². The molecule has 0 aromatic carbocycles. The minimum absolute atomic E-state index is 0.00139. The van der Waals surface area contributed by atoms with E-state index >= 15 is 0 Å². The Balaban J connectivity index is 1.88. The molecule has 6 nitrogen and oxygen atoms in total. The van der Waals surface area contributed by atoms with Gasteiger partial charge in [0.2, 0.25) is 5.91 Å². The molecular formula is C16H12N2O4. The molecule has 1 aliphatic carbocycles. The molecule has 1 aromatic heterocycles. The SMILES string of the molecule is CC1=CC(=O)NC2=CC(=NC(=O)c3ccc(=O)oc3)C=CC12. The van der Waals surface area contributed by atoms with Gasteiger partial charge in [0.15, 0.2) is 0 Å². The highest BCUT2D eigenvalue weighted by molar-refractivity contribution is 6.14. The summed E-state index contributed by atoms with van der Waals surface area (Å²) in [6.07, 6.45) is 7.88. The molecule has 1 atom stereocenters. The number of aliphatic imine (C=N–C) groups is 1. The predicted octanol–water partition coefficient (Wildman–Crippen LogP) is 1.37. The smallest absolute Gasteiger partial charge is 0.335 e. The molecule has 0 radical (unpaired) electrons. The number of amides is 2. The van der Waals surface area contributed by atoms with Crippen molar-refractivity contribution in [2.45, 2.75) is 6.92 Å². The van der Waals surface area contributed by atoms with Crippen LogP contribution < -0.4 is 10.9 Å². The summed E-state index contributed by atoms with van der Waals surface area (Å²) in [6, 6.07) is 2.52. The van der Waals surface area contributed by atoms with Gasteiger partial charge in [-0.05, 0) is 25.1 Å². The Labute approximate surface area is 125 Å². The van der Waals surface area contributed by atoms with E-state index in [1.165, 1.54) is 6.07 Å². The van der Waals surface area contributed by atoms with Crippen LogP contribution in [-0.4, -0.2) is 17.5 Å². The van der Waals surface area contributed by atoms with Gasteiger partial charge in [-0.3, -0.25) is 9.59 Å². The highest BCUT2D eigenvalue weighted by Gasteiger charge is 2.23. The minimum atomic E-state index is -0.529. The van der Waals surface area contributed by atoms with Crippen molar-refractivity contribution in [1.82, 2.24) is 5.32 Å². The van der Waals surface area contributed by atoms with Crippen LogP contribution in [0.15, 0.2) is 68.2 Å². The predicted molar refractivity (Wildman–Crippen MR) is 79.4 cm³/mol. The minimum Gasteiger partial charge on any atom is -0.430 e. The summed E-state index contributed by atoms with van der Waals surface area (Å²) in [6.45, 7) is 1.88. The maximum atomic E-state index is 12.0. The topological polar surface area (TPSA) is 88.7 Å². The molecule has 1 unspecified atom stereocenters. The first-order valence-electron chi connectivity index (χ1n) is 6.64. The average molecular weight is 296 g/mol. The molecule has 110 valence electrons. The van der Waals surface area contributed by atoms with Gasteiger partial charge in [-0.2, -0.15) is 0 Å². The number of fused-ring (bicyclic) bond motifs is 1. The first-order chi connectivity index (χ1) is 10.5. The fraction of sp³-hybridized carbons (Fsp3) is 0.125. The zero-order chi connectivity index (χ0) is 15.7. The van der Waals surface area contributed by atoms with Gasteiger partial charge in [-0.15, -0.1) is 0 Å². The lowest BCUT2D eigenvalue weighted by Crippen LogP contribution is -2.32. The highest BCUT2D eigenvalue weighted by Crippen LogP contribution is 2.26. The van der Waals surface area contributed by atoms with Crippen LogP contribution >= 0.6 is 0 Å². The number of hydrogen-bond donors (Lipinski definition) is 1. The third-order valence-corrected chi connectivity index (χ3v) is 3.39. The number of carbonyl (C=O) groups is 2. The Kier molecular flexibility index (Phi) is 3.42. The summed E-state index contributed by atoms with van der Waals surface area (Å²) in [5.74, 6) is -0.708. The molecule has 2 amide bonds. The number of nitrogens with one attached hydrogen (secondary N) is 1. The first-order valence-corrected chi connectivity index (χ1v) is 6.64. The van der Waals surface area contributed by atoms with Crippen LogP contribution in [0.2, 0.25) is 0 Å². The van der Waals surface area contributed by atoms with Crippen molar-refractivity contribution >= 4 is 17.5 Å². The van der Waals surface area contributed by atoms with Gasteiger partial charge in [0, 0.05) is 23.8 Å². The largest absolute Gasteiger partial charge is 0.430 e. The monoisotopic (exact) mass is 296 g/mol. The fourth-order valence-corrected chi connectivity index (χ4v) is 2.31. The van der Waals surface area contributed by atoms with Gasteiger partial charge in [0.1, 0.15) is 6.26 Å². The van der Waals surface area contributed by atoms with Crippen molar-refractivity contribution in [3.63, 3.8) is 0 Å². The second-order valence-corrected chi connectivity index (χ2v) is 5.00. The Bertz CT molecular complexity index is 819. The summed E-state index contributed by atoms with van der Waals surface area (Å²) < 4.78 is 4.64. The average Bonchev–Trinajstić information content (AvgIpc) is 2.47. The van der Waals surface area contributed by atoms with Crippen molar-refractivity contribution < 1.29 is 14.0 Å². The van der Waals surface area contributed by atoms with Crippen molar-refractivity contribution in [3.8, 4) is 0 Å². The van der Waals surface area contributed by atoms with Crippen LogP contribution in [-0.2, 0) is 4.79 Å². The first kappa shape index (κ1) is 13.9. The zero-order valence-corrected chi connectivity index (χ0v) is 11.7. The number of allylic oxidation sites excluding steroid dienone is 3. The summed E-state index contributed by atoms with van der Waals surface area (Å²) in [5.41, 5.74) is 1.71. The van der Waals surface area contributed by atoms with Crippen LogP contribution in [0, 0.1) is 5.92 Å².